The summed E-state index contributed by atoms with van der Waals surface area (Å²) in [6, 6.07) is 13.0. The van der Waals surface area contributed by atoms with E-state index in [4.69, 9.17) is 4.74 Å². The molecule has 2 heterocycles. The molecule has 0 spiro atoms. The first kappa shape index (κ1) is 19.9. The highest BCUT2D eigenvalue weighted by molar-refractivity contribution is 6.04. The Balaban J connectivity index is 1.48. The summed E-state index contributed by atoms with van der Waals surface area (Å²) in [5.41, 5.74) is 3.09. The van der Waals surface area contributed by atoms with Gasteiger partial charge >= 0.3 is 0 Å². The van der Waals surface area contributed by atoms with Crippen molar-refractivity contribution >= 4 is 34.8 Å². The molecule has 3 amide bonds. The fraction of sp³-hybridized carbons (Fsp3) is 0.348. The molecule has 1 fully saturated rings. The van der Waals surface area contributed by atoms with Crippen LogP contribution >= 0.6 is 0 Å². The van der Waals surface area contributed by atoms with Gasteiger partial charge in [0.25, 0.3) is 5.91 Å². The van der Waals surface area contributed by atoms with Crippen LogP contribution in [0.3, 0.4) is 0 Å². The number of carbonyl (C=O) groups is 3. The molecule has 2 atom stereocenters. The number of carbonyl (C=O) groups excluding carboxylic acids is 3. The summed E-state index contributed by atoms with van der Waals surface area (Å²) in [6.45, 7) is 4.59. The van der Waals surface area contributed by atoms with Crippen LogP contribution in [0.1, 0.15) is 38.2 Å². The maximum absolute atomic E-state index is 12.8. The Morgan fingerprint density at radius 1 is 1.27 bits per heavy atom. The molecule has 2 aliphatic heterocycles. The predicted octanol–water partition coefficient (Wildman–Crippen LogP) is 3.52. The van der Waals surface area contributed by atoms with E-state index in [1.165, 1.54) is 0 Å². The zero-order valence-electron chi connectivity index (χ0n) is 17.1. The Kier molecular flexibility index (Phi) is 5.44. The van der Waals surface area contributed by atoms with Crippen LogP contribution in [-0.2, 0) is 14.4 Å². The number of hydrogen-bond donors (Lipinski definition) is 2. The number of ether oxygens (including phenoxy) is 1. The van der Waals surface area contributed by atoms with Gasteiger partial charge < -0.3 is 20.3 Å². The molecule has 0 aromatic heterocycles. The van der Waals surface area contributed by atoms with E-state index in [1.54, 1.807) is 23.1 Å². The van der Waals surface area contributed by atoms with E-state index in [-0.39, 0.29) is 30.7 Å². The smallest absolute Gasteiger partial charge is 0.262 e. The SMILES string of the molecule is CC[C@H](C)c1ccccc1N1C[C@@H](C(=O)Nc2ccc3c(c2)NC(=O)CO3)CC1=O. The maximum atomic E-state index is 12.8. The van der Waals surface area contributed by atoms with Gasteiger partial charge in [-0.25, -0.2) is 0 Å². The van der Waals surface area contributed by atoms with Crippen LogP contribution in [0.5, 0.6) is 5.75 Å². The van der Waals surface area contributed by atoms with Crippen LogP contribution < -0.4 is 20.3 Å². The number of anilines is 3. The molecule has 4 rings (SSSR count). The zero-order chi connectivity index (χ0) is 21.3. The number of nitrogens with one attached hydrogen (secondary N) is 2. The summed E-state index contributed by atoms with van der Waals surface area (Å²) in [6.07, 6.45) is 1.15. The molecule has 30 heavy (non-hydrogen) atoms. The van der Waals surface area contributed by atoms with Gasteiger partial charge in [0, 0.05) is 24.3 Å². The van der Waals surface area contributed by atoms with Crippen molar-refractivity contribution in [3.63, 3.8) is 0 Å². The molecule has 156 valence electrons. The minimum Gasteiger partial charge on any atom is -0.482 e. The van der Waals surface area contributed by atoms with Crippen molar-refractivity contribution in [2.24, 2.45) is 5.92 Å². The molecule has 2 aromatic carbocycles. The lowest BCUT2D eigenvalue weighted by molar-refractivity contribution is -0.122. The molecule has 0 radical (unpaired) electrons. The molecule has 2 aromatic rings. The monoisotopic (exact) mass is 407 g/mol. The number of hydrogen-bond acceptors (Lipinski definition) is 4. The van der Waals surface area contributed by atoms with Gasteiger partial charge in [0.2, 0.25) is 11.8 Å². The first-order valence-electron chi connectivity index (χ1n) is 10.2. The third-order valence-electron chi connectivity index (χ3n) is 5.75. The standard InChI is InChI=1S/C23H25N3O4/c1-3-14(2)17-6-4-5-7-19(17)26-12-15(10-22(26)28)23(29)24-16-8-9-20-18(11-16)25-21(27)13-30-20/h4-9,11,14-15H,3,10,12-13H2,1-2H3,(H,24,29)(H,25,27)/t14-,15-/m0/s1. The van der Waals surface area contributed by atoms with E-state index in [1.807, 2.05) is 24.3 Å². The Hall–Kier alpha value is -3.35. The van der Waals surface area contributed by atoms with Crippen LogP contribution in [0.2, 0.25) is 0 Å². The fourth-order valence-electron chi connectivity index (χ4n) is 3.89. The van der Waals surface area contributed by atoms with Gasteiger partial charge in [0.1, 0.15) is 5.75 Å². The van der Waals surface area contributed by atoms with Crippen LogP contribution in [0, 0.1) is 5.92 Å². The second-order valence-electron chi connectivity index (χ2n) is 7.81. The van der Waals surface area contributed by atoms with Gasteiger partial charge in [-0.15, -0.1) is 0 Å². The third kappa shape index (κ3) is 3.87. The van der Waals surface area contributed by atoms with Crippen LogP contribution in [0.25, 0.3) is 0 Å². The highest BCUT2D eigenvalue weighted by atomic mass is 16.5. The predicted molar refractivity (Wildman–Crippen MR) is 115 cm³/mol. The van der Waals surface area contributed by atoms with Crippen LogP contribution in [0.15, 0.2) is 42.5 Å². The van der Waals surface area contributed by atoms with E-state index < -0.39 is 5.92 Å². The lowest BCUT2D eigenvalue weighted by atomic mass is 9.96. The van der Waals surface area contributed by atoms with Crippen LogP contribution in [0.4, 0.5) is 17.1 Å². The van der Waals surface area contributed by atoms with Gasteiger partial charge in [0.15, 0.2) is 6.61 Å². The zero-order valence-corrected chi connectivity index (χ0v) is 17.1. The molecule has 2 aliphatic rings. The second kappa shape index (κ2) is 8.18. The van der Waals surface area contributed by atoms with E-state index >= 15 is 0 Å². The van der Waals surface area contributed by atoms with Gasteiger partial charge in [-0.05, 0) is 42.2 Å². The maximum Gasteiger partial charge on any atom is 0.262 e. The Bertz CT molecular complexity index is 1000. The van der Waals surface area contributed by atoms with E-state index in [0.717, 1.165) is 17.7 Å². The van der Waals surface area contributed by atoms with Gasteiger partial charge in [-0.3, -0.25) is 14.4 Å². The number of benzene rings is 2. The molecule has 7 heteroatoms. The van der Waals surface area contributed by atoms with Crippen molar-refractivity contribution in [2.75, 3.05) is 28.7 Å². The highest BCUT2D eigenvalue weighted by Gasteiger charge is 2.36. The Morgan fingerprint density at radius 2 is 2.07 bits per heavy atom. The summed E-state index contributed by atoms with van der Waals surface area (Å²) in [7, 11) is 0. The third-order valence-corrected chi connectivity index (χ3v) is 5.75. The van der Waals surface area contributed by atoms with E-state index in [9.17, 15) is 14.4 Å². The summed E-state index contributed by atoms with van der Waals surface area (Å²) in [4.78, 5) is 38.8. The normalized spacial score (nSPS) is 19.0. The van der Waals surface area contributed by atoms with Gasteiger partial charge in [-0.2, -0.15) is 0 Å². The van der Waals surface area contributed by atoms with Gasteiger partial charge in [0.05, 0.1) is 11.6 Å². The minimum atomic E-state index is -0.440. The average molecular weight is 407 g/mol. The summed E-state index contributed by atoms with van der Waals surface area (Å²) in [5, 5.41) is 5.59. The number of rotatable bonds is 5. The highest BCUT2D eigenvalue weighted by Crippen LogP contribution is 2.34. The van der Waals surface area contributed by atoms with E-state index in [2.05, 4.69) is 24.5 Å². The topological polar surface area (TPSA) is 87.7 Å². The number of nitrogens with zero attached hydrogens (tertiary/aromatic N) is 1. The number of para-hydroxylation sites is 1. The molecular weight excluding hydrogens is 382 g/mol. The van der Waals surface area contributed by atoms with Crippen molar-refractivity contribution in [3.05, 3.63) is 48.0 Å². The first-order valence-corrected chi connectivity index (χ1v) is 10.2. The first-order chi connectivity index (χ1) is 14.5. The number of fused-ring (bicyclic) bond motifs is 1. The molecule has 0 saturated carbocycles. The summed E-state index contributed by atoms with van der Waals surface area (Å²) < 4.78 is 5.34. The lowest BCUT2D eigenvalue weighted by Crippen LogP contribution is -2.29. The molecule has 0 unspecified atom stereocenters. The Morgan fingerprint density at radius 3 is 2.87 bits per heavy atom. The minimum absolute atomic E-state index is 0.0170. The molecule has 7 nitrogen and oxygen atoms in total. The molecule has 0 bridgehead atoms. The molecule has 0 aliphatic carbocycles. The summed E-state index contributed by atoms with van der Waals surface area (Å²) >= 11 is 0. The Labute approximate surface area is 175 Å². The quantitative estimate of drug-likeness (QED) is 0.794. The van der Waals surface area contributed by atoms with Crippen molar-refractivity contribution < 1.29 is 19.1 Å². The van der Waals surface area contributed by atoms with Crippen molar-refractivity contribution in [1.29, 1.82) is 0 Å². The second-order valence-corrected chi connectivity index (χ2v) is 7.81. The summed E-state index contributed by atoms with van der Waals surface area (Å²) in [5.74, 6) is -0.0366. The van der Waals surface area contributed by atoms with Crippen LogP contribution in [-0.4, -0.2) is 30.9 Å². The van der Waals surface area contributed by atoms with E-state index in [0.29, 0.717) is 29.6 Å². The largest absolute Gasteiger partial charge is 0.482 e. The van der Waals surface area contributed by atoms with Crippen molar-refractivity contribution in [1.82, 2.24) is 0 Å². The number of amides is 3. The molecule has 2 N–H and O–H groups in total. The van der Waals surface area contributed by atoms with Gasteiger partial charge in [-0.1, -0.05) is 32.0 Å². The molecule has 1 saturated heterocycles. The van der Waals surface area contributed by atoms with Crippen molar-refractivity contribution in [2.45, 2.75) is 32.6 Å². The molecular formula is C23H25N3O4. The van der Waals surface area contributed by atoms with Crippen molar-refractivity contribution in [3.8, 4) is 5.75 Å². The fourth-order valence-corrected chi connectivity index (χ4v) is 3.89. The average Bonchev–Trinajstić information content (AvgIpc) is 3.14. The lowest BCUT2D eigenvalue weighted by Gasteiger charge is -2.23.